The van der Waals surface area contributed by atoms with Gasteiger partial charge in [0.2, 0.25) is 0 Å². The Kier molecular flexibility index (Phi) is 4.42. The summed E-state index contributed by atoms with van der Waals surface area (Å²) in [5.41, 5.74) is 1.10. The van der Waals surface area contributed by atoms with Crippen LogP contribution in [0.15, 0.2) is 24.3 Å². The molecule has 0 aliphatic heterocycles. The molecule has 5 atom stereocenters. The highest BCUT2D eigenvalue weighted by Crippen LogP contribution is 2.29. The topological polar surface area (TPSA) is 90.2 Å². The first-order valence-corrected chi connectivity index (χ1v) is 6.41. The number of ether oxygens (including phenoxy) is 1. The minimum absolute atomic E-state index is 0.251. The molecule has 19 heavy (non-hydrogen) atoms. The second-order valence-electron chi connectivity index (χ2n) is 5.12. The van der Waals surface area contributed by atoms with Crippen LogP contribution in [-0.4, -0.2) is 51.4 Å². The summed E-state index contributed by atoms with van der Waals surface area (Å²) in [6.45, 7) is 1.71. The summed E-state index contributed by atoms with van der Waals surface area (Å²) in [5, 5.41) is 38.5. The van der Waals surface area contributed by atoms with Crippen LogP contribution in [0.2, 0.25) is 0 Å². The zero-order chi connectivity index (χ0) is 14.0. The largest absolute Gasteiger partial charge is 0.488 e. The van der Waals surface area contributed by atoms with E-state index >= 15 is 0 Å². The Morgan fingerprint density at radius 3 is 2.26 bits per heavy atom. The monoisotopic (exact) mass is 268 g/mol. The molecule has 1 aromatic carbocycles. The van der Waals surface area contributed by atoms with E-state index in [4.69, 9.17) is 4.74 Å². The van der Waals surface area contributed by atoms with Crippen LogP contribution in [0.25, 0.3) is 0 Å². The third-order valence-corrected chi connectivity index (χ3v) is 3.64. The first kappa shape index (κ1) is 14.3. The fourth-order valence-electron chi connectivity index (χ4n) is 2.37. The number of aliphatic hydroxyl groups excluding tert-OH is 4. The maximum Gasteiger partial charge on any atom is 0.128 e. The quantitative estimate of drug-likeness (QED) is 0.611. The van der Waals surface area contributed by atoms with Gasteiger partial charge in [0.15, 0.2) is 0 Å². The molecule has 5 unspecified atom stereocenters. The first-order valence-electron chi connectivity index (χ1n) is 6.41. The van der Waals surface area contributed by atoms with E-state index in [0.29, 0.717) is 12.2 Å². The predicted octanol–water partition coefficient (Wildman–Crippen LogP) is -0.163. The van der Waals surface area contributed by atoms with Gasteiger partial charge >= 0.3 is 0 Å². The lowest BCUT2D eigenvalue weighted by molar-refractivity contribution is -0.156. The molecule has 1 aliphatic rings. The highest BCUT2D eigenvalue weighted by molar-refractivity contribution is 5.26. The predicted molar refractivity (Wildman–Crippen MR) is 68.8 cm³/mol. The third-order valence-electron chi connectivity index (χ3n) is 3.64. The van der Waals surface area contributed by atoms with Gasteiger partial charge in [0.1, 0.15) is 24.1 Å². The maximum atomic E-state index is 9.92. The summed E-state index contributed by atoms with van der Waals surface area (Å²) in [6, 6.07) is 7.35. The molecule has 1 saturated carbocycles. The second kappa shape index (κ2) is 5.88. The van der Waals surface area contributed by atoms with Crippen molar-refractivity contribution in [3.05, 3.63) is 29.8 Å². The van der Waals surface area contributed by atoms with Gasteiger partial charge in [-0.05, 0) is 25.5 Å². The Morgan fingerprint density at radius 1 is 1.05 bits per heavy atom. The van der Waals surface area contributed by atoms with E-state index in [-0.39, 0.29) is 6.61 Å². The Hall–Kier alpha value is -1.14. The summed E-state index contributed by atoms with van der Waals surface area (Å²) >= 11 is 0. The van der Waals surface area contributed by atoms with Crippen LogP contribution >= 0.6 is 0 Å². The minimum atomic E-state index is -1.30. The van der Waals surface area contributed by atoms with Crippen molar-refractivity contribution in [2.75, 3.05) is 6.61 Å². The van der Waals surface area contributed by atoms with Crippen molar-refractivity contribution in [2.24, 2.45) is 5.92 Å². The molecule has 0 heterocycles. The highest BCUT2D eigenvalue weighted by atomic mass is 16.5. The average molecular weight is 268 g/mol. The summed E-state index contributed by atoms with van der Waals surface area (Å²) in [6.07, 6.45) is -3.94. The van der Waals surface area contributed by atoms with E-state index in [9.17, 15) is 20.4 Å². The third kappa shape index (κ3) is 3.06. The van der Waals surface area contributed by atoms with Crippen molar-refractivity contribution in [3.8, 4) is 5.75 Å². The molecule has 106 valence electrons. The van der Waals surface area contributed by atoms with Crippen molar-refractivity contribution >= 4 is 0 Å². The van der Waals surface area contributed by atoms with E-state index in [1.54, 1.807) is 12.1 Å². The Balaban J connectivity index is 2.08. The molecule has 5 nitrogen and oxygen atoms in total. The molecule has 1 aliphatic carbocycles. The fraction of sp³-hybridized carbons (Fsp3) is 0.571. The van der Waals surface area contributed by atoms with Crippen molar-refractivity contribution in [2.45, 2.75) is 37.8 Å². The molecule has 0 radical (unpaired) electrons. The number of aryl methyl sites for hydroxylation is 1. The SMILES string of the molecule is Cc1ccc(OC2CC(CO)C(O)C(O)C2O)cc1. The molecular formula is C14H20O5. The molecule has 2 rings (SSSR count). The zero-order valence-corrected chi connectivity index (χ0v) is 10.8. The first-order chi connectivity index (χ1) is 9.02. The molecule has 0 bridgehead atoms. The minimum Gasteiger partial charge on any atom is -0.488 e. The van der Waals surface area contributed by atoms with Gasteiger partial charge in [-0.15, -0.1) is 0 Å². The van der Waals surface area contributed by atoms with Crippen molar-refractivity contribution in [1.29, 1.82) is 0 Å². The lowest BCUT2D eigenvalue weighted by Crippen LogP contribution is -2.56. The molecule has 0 saturated heterocycles. The van der Waals surface area contributed by atoms with E-state index in [2.05, 4.69) is 0 Å². The zero-order valence-electron chi connectivity index (χ0n) is 10.8. The van der Waals surface area contributed by atoms with Gasteiger partial charge < -0.3 is 25.2 Å². The van der Waals surface area contributed by atoms with Gasteiger partial charge in [-0.25, -0.2) is 0 Å². The summed E-state index contributed by atoms with van der Waals surface area (Å²) in [7, 11) is 0. The van der Waals surface area contributed by atoms with E-state index in [1.807, 2.05) is 19.1 Å². The maximum absolute atomic E-state index is 9.92. The standard InChI is InChI=1S/C14H20O5/c1-8-2-4-10(5-3-8)19-11-6-9(7-15)12(16)14(18)13(11)17/h2-5,9,11-18H,6-7H2,1H3. The van der Waals surface area contributed by atoms with Crippen LogP contribution in [-0.2, 0) is 0 Å². The molecule has 0 aromatic heterocycles. The lowest BCUT2D eigenvalue weighted by Gasteiger charge is -2.39. The van der Waals surface area contributed by atoms with Gasteiger partial charge in [0, 0.05) is 12.5 Å². The number of rotatable bonds is 3. The summed E-state index contributed by atoms with van der Waals surface area (Å²) in [5.74, 6) is 0.101. The van der Waals surface area contributed by atoms with Crippen LogP contribution in [0.3, 0.4) is 0 Å². The Bertz CT molecular complexity index is 403. The van der Waals surface area contributed by atoms with Gasteiger partial charge in [0.25, 0.3) is 0 Å². The van der Waals surface area contributed by atoms with Crippen LogP contribution in [0, 0.1) is 12.8 Å². The van der Waals surface area contributed by atoms with Crippen LogP contribution in [0.4, 0.5) is 0 Å². The lowest BCUT2D eigenvalue weighted by atomic mass is 9.81. The molecule has 0 spiro atoms. The molecule has 0 amide bonds. The molecule has 5 heteroatoms. The van der Waals surface area contributed by atoms with Crippen molar-refractivity contribution in [3.63, 3.8) is 0 Å². The number of aliphatic hydroxyl groups is 4. The van der Waals surface area contributed by atoms with Gasteiger partial charge in [-0.3, -0.25) is 0 Å². The second-order valence-corrected chi connectivity index (χ2v) is 5.12. The van der Waals surface area contributed by atoms with Crippen molar-refractivity contribution < 1.29 is 25.2 Å². The average Bonchev–Trinajstić information content (AvgIpc) is 2.42. The Morgan fingerprint density at radius 2 is 1.68 bits per heavy atom. The molecule has 4 N–H and O–H groups in total. The number of benzene rings is 1. The number of hydrogen-bond donors (Lipinski definition) is 4. The van der Waals surface area contributed by atoms with Crippen LogP contribution < -0.4 is 4.74 Å². The molecular weight excluding hydrogens is 248 g/mol. The fourth-order valence-corrected chi connectivity index (χ4v) is 2.37. The van der Waals surface area contributed by atoms with E-state index in [0.717, 1.165) is 5.56 Å². The summed E-state index contributed by atoms with van der Waals surface area (Å²) in [4.78, 5) is 0. The molecule has 1 fully saturated rings. The summed E-state index contributed by atoms with van der Waals surface area (Å²) < 4.78 is 5.64. The van der Waals surface area contributed by atoms with Gasteiger partial charge in [0.05, 0.1) is 6.10 Å². The normalized spacial score (nSPS) is 35.1. The van der Waals surface area contributed by atoms with Gasteiger partial charge in [-0.1, -0.05) is 17.7 Å². The molecule has 1 aromatic rings. The highest BCUT2D eigenvalue weighted by Gasteiger charge is 2.43. The smallest absolute Gasteiger partial charge is 0.128 e. The van der Waals surface area contributed by atoms with E-state index in [1.165, 1.54) is 0 Å². The van der Waals surface area contributed by atoms with Crippen LogP contribution in [0.5, 0.6) is 5.75 Å². The van der Waals surface area contributed by atoms with Crippen molar-refractivity contribution in [1.82, 2.24) is 0 Å². The Labute approximate surface area is 112 Å². The number of hydrogen-bond acceptors (Lipinski definition) is 5. The van der Waals surface area contributed by atoms with Gasteiger partial charge in [-0.2, -0.15) is 0 Å². The van der Waals surface area contributed by atoms with E-state index < -0.39 is 30.3 Å². The van der Waals surface area contributed by atoms with Crippen LogP contribution in [0.1, 0.15) is 12.0 Å².